The number of piperidine rings is 1. The van der Waals surface area contributed by atoms with Crippen LogP contribution >= 0.6 is 34.9 Å². The summed E-state index contributed by atoms with van der Waals surface area (Å²) in [5.74, 6) is 0.474. The van der Waals surface area contributed by atoms with Crippen molar-refractivity contribution in [3.63, 3.8) is 0 Å². The number of carbonyl (C=O) groups is 2. The number of thioether (sulfide) groups is 2. The maximum atomic E-state index is 13.2. The molecule has 0 saturated carbocycles. The molecule has 1 unspecified atom stereocenters. The molecule has 156 valence electrons. The first-order valence-electron chi connectivity index (χ1n) is 9.90. The first-order valence-corrected chi connectivity index (χ1v) is 12.6. The highest BCUT2D eigenvalue weighted by Gasteiger charge is 2.29. The molecule has 1 aliphatic heterocycles. The van der Waals surface area contributed by atoms with E-state index < -0.39 is 0 Å². The fourth-order valence-electron chi connectivity index (χ4n) is 3.02. The van der Waals surface area contributed by atoms with Gasteiger partial charge in [0.1, 0.15) is 5.25 Å². The summed E-state index contributed by atoms with van der Waals surface area (Å²) in [6.07, 6.45) is 4.24. The second kappa shape index (κ2) is 11.6. The summed E-state index contributed by atoms with van der Waals surface area (Å²) in [7, 11) is 0. The topological polar surface area (TPSA) is 75.2 Å². The summed E-state index contributed by atoms with van der Waals surface area (Å²) in [6.45, 7) is 4.36. The van der Waals surface area contributed by atoms with E-state index >= 15 is 0 Å². The first-order chi connectivity index (χ1) is 14.2. The first kappa shape index (κ1) is 22.1. The number of rotatable bonds is 9. The van der Waals surface area contributed by atoms with E-state index in [-0.39, 0.29) is 17.1 Å². The molecular weight excluding hydrogens is 424 g/mol. The third-order valence-electron chi connectivity index (χ3n) is 4.50. The van der Waals surface area contributed by atoms with Gasteiger partial charge in [-0.1, -0.05) is 72.1 Å². The number of aromatic nitrogens is 2. The molecule has 0 bridgehead atoms. The van der Waals surface area contributed by atoms with Gasteiger partial charge in [-0.15, -0.1) is 10.2 Å². The zero-order valence-electron chi connectivity index (χ0n) is 16.5. The van der Waals surface area contributed by atoms with Crippen molar-refractivity contribution in [1.29, 1.82) is 0 Å². The van der Waals surface area contributed by atoms with Crippen LogP contribution in [0.1, 0.15) is 43.4 Å². The number of nitrogens with one attached hydrogen (secondary N) is 1. The molecule has 3 rings (SSSR count). The van der Waals surface area contributed by atoms with Crippen LogP contribution in [0, 0.1) is 0 Å². The fourth-order valence-corrected chi connectivity index (χ4v) is 6.14. The van der Waals surface area contributed by atoms with E-state index in [9.17, 15) is 9.59 Å². The van der Waals surface area contributed by atoms with E-state index in [1.165, 1.54) is 41.3 Å². The molecule has 1 N–H and O–H groups in total. The van der Waals surface area contributed by atoms with E-state index in [1.54, 1.807) is 0 Å². The Hall–Kier alpha value is -1.58. The Morgan fingerprint density at radius 2 is 1.86 bits per heavy atom. The summed E-state index contributed by atoms with van der Waals surface area (Å²) >= 11 is 4.27. The Morgan fingerprint density at radius 3 is 2.59 bits per heavy atom. The van der Waals surface area contributed by atoms with Crippen molar-refractivity contribution in [1.82, 2.24) is 20.4 Å². The Morgan fingerprint density at radius 1 is 1.14 bits per heavy atom. The zero-order valence-corrected chi connectivity index (χ0v) is 19.0. The number of likely N-dealkylation sites (tertiary alicyclic amines) is 1. The van der Waals surface area contributed by atoms with E-state index in [4.69, 9.17) is 0 Å². The smallest absolute Gasteiger partial charge is 0.240 e. The molecule has 0 spiro atoms. The van der Waals surface area contributed by atoms with Crippen molar-refractivity contribution in [3.05, 3.63) is 35.9 Å². The number of hydrogen-bond acceptors (Lipinski definition) is 7. The molecule has 2 heterocycles. The minimum atomic E-state index is -0.326. The second-order valence-corrected chi connectivity index (χ2v) is 10.3. The zero-order chi connectivity index (χ0) is 20.5. The largest absolute Gasteiger partial charge is 0.355 e. The summed E-state index contributed by atoms with van der Waals surface area (Å²) in [5, 5.41) is 11.0. The van der Waals surface area contributed by atoms with Crippen molar-refractivity contribution < 1.29 is 9.59 Å². The highest BCUT2D eigenvalue weighted by atomic mass is 32.2. The molecular formula is C20H26N4O2S3. The predicted octanol–water partition coefficient (Wildman–Crippen LogP) is 4.00. The third-order valence-corrected chi connectivity index (χ3v) is 7.88. The lowest BCUT2D eigenvalue weighted by Crippen LogP contribution is -2.38. The van der Waals surface area contributed by atoms with Gasteiger partial charge in [-0.2, -0.15) is 0 Å². The Bertz CT molecular complexity index is 794. The quantitative estimate of drug-likeness (QED) is 0.582. The molecule has 1 aromatic carbocycles. The number of hydrogen-bond donors (Lipinski definition) is 1. The number of carbonyl (C=O) groups excluding carboxylic acids is 2. The predicted molar refractivity (Wildman–Crippen MR) is 119 cm³/mol. The van der Waals surface area contributed by atoms with Crippen molar-refractivity contribution >= 4 is 46.7 Å². The Kier molecular flexibility index (Phi) is 8.82. The van der Waals surface area contributed by atoms with Crippen molar-refractivity contribution in [2.45, 2.75) is 46.5 Å². The van der Waals surface area contributed by atoms with Crippen LogP contribution in [0.4, 0.5) is 0 Å². The summed E-state index contributed by atoms with van der Waals surface area (Å²) in [6, 6.07) is 9.87. The maximum Gasteiger partial charge on any atom is 0.240 e. The van der Waals surface area contributed by atoms with Gasteiger partial charge in [0.05, 0.1) is 5.75 Å². The molecule has 1 atom stereocenters. The molecule has 0 aliphatic carbocycles. The summed E-state index contributed by atoms with van der Waals surface area (Å²) in [4.78, 5) is 27.0. The molecule has 1 aliphatic rings. The summed E-state index contributed by atoms with van der Waals surface area (Å²) in [5.41, 5.74) is 0.983. The Labute approximate surface area is 184 Å². The van der Waals surface area contributed by atoms with Crippen molar-refractivity contribution in [2.24, 2.45) is 0 Å². The van der Waals surface area contributed by atoms with E-state index in [0.717, 1.165) is 46.6 Å². The van der Waals surface area contributed by atoms with E-state index in [0.29, 0.717) is 12.3 Å². The standard InChI is InChI=1S/C20H26N4O2S3/c1-2-11-21-16(25)14-27-19-22-23-20(29-19)28-17(15-9-5-3-6-10-15)18(26)24-12-7-4-8-13-24/h3,5-6,9-10,17H,2,4,7-8,11-14H2,1H3,(H,21,25). The number of amides is 2. The molecule has 9 heteroatoms. The highest BCUT2D eigenvalue weighted by molar-refractivity contribution is 8.04. The molecule has 6 nitrogen and oxygen atoms in total. The minimum absolute atomic E-state index is 0.00342. The lowest BCUT2D eigenvalue weighted by atomic mass is 10.1. The van der Waals surface area contributed by atoms with E-state index in [1.807, 2.05) is 42.2 Å². The SMILES string of the molecule is CCCNC(=O)CSc1nnc(SC(C(=O)N2CCCCC2)c2ccccc2)s1. The number of benzene rings is 1. The molecule has 2 amide bonds. The second-order valence-electron chi connectivity index (χ2n) is 6.77. The van der Waals surface area contributed by atoms with Crippen LogP contribution in [0.5, 0.6) is 0 Å². The van der Waals surface area contributed by atoms with Crippen LogP contribution < -0.4 is 5.32 Å². The number of nitrogens with zero attached hydrogens (tertiary/aromatic N) is 3. The van der Waals surface area contributed by atoms with Crippen LogP contribution in [0.15, 0.2) is 39.0 Å². The lowest BCUT2D eigenvalue weighted by molar-refractivity contribution is -0.131. The van der Waals surface area contributed by atoms with Crippen LogP contribution in [0.25, 0.3) is 0 Å². The van der Waals surface area contributed by atoms with Crippen LogP contribution in [-0.2, 0) is 9.59 Å². The van der Waals surface area contributed by atoms with E-state index in [2.05, 4.69) is 15.5 Å². The molecule has 29 heavy (non-hydrogen) atoms. The minimum Gasteiger partial charge on any atom is -0.355 e. The van der Waals surface area contributed by atoms with Gasteiger partial charge in [-0.25, -0.2) is 0 Å². The van der Waals surface area contributed by atoms with Gasteiger partial charge in [-0.3, -0.25) is 9.59 Å². The van der Waals surface area contributed by atoms with Gasteiger partial charge in [0.25, 0.3) is 0 Å². The molecule has 0 radical (unpaired) electrons. The third kappa shape index (κ3) is 6.72. The maximum absolute atomic E-state index is 13.2. The average Bonchev–Trinajstić information content (AvgIpc) is 3.23. The van der Waals surface area contributed by atoms with Gasteiger partial charge in [0.15, 0.2) is 8.68 Å². The van der Waals surface area contributed by atoms with Gasteiger partial charge in [-0.05, 0) is 31.2 Å². The molecule has 1 aromatic heterocycles. The molecule has 1 fully saturated rings. The highest BCUT2D eigenvalue weighted by Crippen LogP contribution is 2.40. The van der Waals surface area contributed by atoms with Crippen molar-refractivity contribution in [2.75, 3.05) is 25.4 Å². The molecule has 1 saturated heterocycles. The van der Waals surface area contributed by atoms with Crippen molar-refractivity contribution in [3.8, 4) is 0 Å². The van der Waals surface area contributed by atoms with Gasteiger partial charge in [0, 0.05) is 19.6 Å². The monoisotopic (exact) mass is 450 g/mol. The average molecular weight is 451 g/mol. The molecule has 2 aromatic rings. The summed E-state index contributed by atoms with van der Waals surface area (Å²) < 4.78 is 1.50. The lowest BCUT2D eigenvalue weighted by Gasteiger charge is -2.30. The van der Waals surface area contributed by atoms with Gasteiger partial charge >= 0.3 is 0 Å². The van der Waals surface area contributed by atoms with Crippen LogP contribution in [0.2, 0.25) is 0 Å². The van der Waals surface area contributed by atoms with Crippen LogP contribution in [0.3, 0.4) is 0 Å². The van der Waals surface area contributed by atoms with Crippen LogP contribution in [-0.4, -0.2) is 52.3 Å². The van der Waals surface area contributed by atoms with Gasteiger partial charge < -0.3 is 10.2 Å². The van der Waals surface area contributed by atoms with Gasteiger partial charge in [0.2, 0.25) is 11.8 Å². The fraction of sp³-hybridized carbons (Fsp3) is 0.500. The normalized spacial score (nSPS) is 15.1. The Balaban J connectivity index is 1.66.